The summed E-state index contributed by atoms with van der Waals surface area (Å²) in [6.45, 7) is 0. The summed E-state index contributed by atoms with van der Waals surface area (Å²) < 4.78 is 40.9. The van der Waals surface area contributed by atoms with E-state index in [0.717, 1.165) is 60.5 Å². The summed E-state index contributed by atoms with van der Waals surface area (Å²) in [5.41, 5.74) is 7.53. The highest BCUT2D eigenvalue weighted by atomic mass is 19.3. The van der Waals surface area contributed by atoms with E-state index >= 15 is 8.78 Å². The van der Waals surface area contributed by atoms with Crippen LogP contribution in [-0.2, 0) is 5.92 Å². The molecular weight excluding hydrogens is 663 g/mol. The summed E-state index contributed by atoms with van der Waals surface area (Å²) in [4.78, 5) is 14.8. The quantitative estimate of drug-likeness (QED) is 0.185. The SMILES string of the molecule is FC1(F)c2ccccc2-c2c1ccc1c2c2ccc3c4ccccc4oc3c2n1-c1cccc(-c2nc(-c3ccccc3)nc(-c3ccccc3)n2)c1. The molecule has 0 fully saturated rings. The Bertz CT molecular complexity index is 3040. The van der Waals surface area contributed by atoms with Gasteiger partial charge in [-0.05, 0) is 42.0 Å². The number of alkyl halides is 2. The smallest absolute Gasteiger partial charge is 0.299 e. The van der Waals surface area contributed by atoms with Crippen LogP contribution in [0.5, 0.6) is 0 Å². The summed E-state index contributed by atoms with van der Waals surface area (Å²) in [6.07, 6.45) is 0. The molecule has 0 atom stereocenters. The van der Waals surface area contributed by atoms with Gasteiger partial charge in [0.1, 0.15) is 5.58 Å². The van der Waals surface area contributed by atoms with Gasteiger partial charge in [0, 0.05) is 60.6 Å². The van der Waals surface area contributed by atoms with Crippen molar-refractivity contribution in [3.63, 3.8) is 0 Å². The van der Waals surface area contributed by atoms with E-state index in [1.165, 1.54) is 6.07 Å². The largest absolute Gasteiger partial charge is 0.454 e. The fourth-order valence-electron chi connectivity index (χ4n) is 8.02. The third-order valence-electron chi connectivity index (χ3n) is 10.4. The lowest BCUT2D eigenvalue weighted by Gasteiger charge is -2.13. The maximum Gasteiger partial charge on any atom is 0.299 e. The molecule has 0 N–H and O–H groups in total. The highest BCUT2D eigenvalue weighted by molar-refractivity contribution is 6.25. The minimum atomic E-state index is -3.12. The lowest BCUT2D eigenvalue weighted by molar-refractivity contribution is 0.0481. The summed E-state index contributed by atoms with van der Waals surface area (Å²) >= 11 is 0. The molecule has 7 aromatic carbocycles. The molecule has 0 amide bonds. The Morgan fingerprint density at radius 3 is 1.89 bits per heavy atom. The monoisotopic (exact) mass is 688 g/mol. The Kier molecular flexibility index (Phi) is 6.17. The van der Waals surface area contributed by atoms with Crippen LogP contribution in [0.1, 0.15) is 11.1 Å². The first-order valence-corrected chi connectivity index (χ1v) is 17.4. The average molecular weight is 689 g/mol. The predicted molar refractivity (Wildman–Crippen MR) is 206 cm³/mol. The number of hydrogen-bond acceptors (Lipinski definition) is 4. The fraction of sp³-hybridized carbons (Fsp3) is 0.0217. The highest BCUT2D eigenvalue weighted by Crippen LogP contribution is 2.55. The molecule has 3 heterocycles. The Morgan fingerprint density at radius 2 is 1.13 bits per heavy atom. The van der Waals surface area contributed by atoms with E-state index in [2.05, 4.69) is 10.6 Å². The van der Waals surface area contributed by atoms with Crippen LogP contribution in [0.25, 0.3) is 94.7 Å². The van der Waals surface area contributed by atoms with Gasteiger partial charge in [0.2, 0.25) is 0 Å². The van der Waals surface area contributed by atoms with Gasteiger partial charge in [0.15, 0.2) is 23.1 Å². The van der Waals surface area contributed by atoms with E-state index in [9.17, 15) is 0 Å². The van der Waals surface area contributed by atoms with E-state index in [1.54, 1.807) is 18.2 Å². The first kappa shape index (κ1) is 29.7. The van der Waals surface area contributed by atoms with Crippen molar-refractivity contribution in [1.29, 1.82) is 0 Å². The van der Waals surface area contributed by atoms with Gasteiger partial charge in [-0.1, -0.05) is 121 Å². The van der Waals surface area contributed by atoms with Crippen LogP contribution in [0.15, 0.2) is 162 Å². The van der Waals surface area contributed by atoms with Crippen molar-refractivity contribution in [2.24, 2.45) is 0 Å². The molecule has 0 aliphatic heterocycles. The normalized spacial score (nSPS) is 13.2. The predicted octanol–water partition coefficient (Wildman–Crippen LogP) is 12.0. The zero-order chi connectivity index (χ0) is 35.3. The maximum atomic E-state index is 16.1. The van der Waals surface area contributed by atoms with Crippen molar-refractivity contribution in [3.8, 4) is 51.0 Å². The van der Waals surface area contributed by atoms with Crippen molar-refractivity contribution in [2.75, 3.05) is 0 Å². The van der Waals surface area contributed by atoms with Crippen LogP contribution in [0.2, 0.25) is 0 Å². The molecule has 0 bridgehead atoms. The molecule has 1 aliphatic rings. The number of fused-ring (bicyclic) bond motifs is 11. The highest BCUT2D eigenvalue weighted by Gasteiger charge is 2.45. The topological polar surface area (TPSA) is 56.7 Å². The van der Waals surface area contributed by atoms with E-state index in [4.69, 9.17) is 19.4 Å². The number of benzene rings is 7. The van der Waals surface area contributed by atoms with Crippen molar-refractivity contribution in [1.82, 2.24) is 19.5 Å². The Balaban J connectivity index is 1.21. The molecule has 53 heavy (non-hydrogen) atoms. The van der Waals surface area contributed by atoms with Crippen molar-refractivity contribution < 1.29 is 13.2 Å². The average Bonchev–Trinajstić information content (AvgIpc) is 3.84. The van der Waals surface area contributed by atoms with Crippen LogP contribution < -0.4 is 0 Å². The lowest BCUT2D eigenvalue weighted by atomic mass is 9.98. The Hall–Kier alpha value is -6.99. The van der Waals surface area contributed by atoms with Crippen molar-refractivity contribution in [2.45, 2.75) is 5.92 Å². The number of furan rings is 1. The Labute approximate surface area is 301 Å². The van der Waals surface area contributed by atoms with Gasteiger partial charge < -0.3 is 8.98 Å². The van der Waals surface area contributed by atoms with E-state index in [0.29, 0.717) is 34.2 Å². The molecule has 3 aromatic heterocycles. The summed E-state index contributed by atoms with van der Waals surface area (Å²) in [7, 11) is 0. The van der Waals surface area contributed by atoms with Gasteiger partial charge in [-0.25, -0.2) is 15.0 Å². The van der Waals surface area contributed by atoms with E-state index < -0.39 is 5.92 Å². The van der Waals surface area contributed by atoms with Crippen LogP contribution in [0, 0.1) is 0 Å². The second-order valence-electron chi connectivity index (χ2n) is 13.4. The molecule has 0 spiro atoms. The van der Waals surface area contributed by atoms with Crippen molar-refractivity contribution in [3.05, 3.63) is 169 Å². The molecule has 0 radical (unpaired) electrons. The molecule has 1 aliphatic carbocycles. The molecule has 11 rings (SSSR count). The fourth-order valence-corrected chi connectivity index (χ4v) is 8.02. The first-order valence-electron chi connectivity index (χ1n) is 17.4. The third kappa shape index (κ3) is 4.31. The maximum absolute atomic E-state index is 16.1. The number of para-hydroxylation sites is 1. The summed E-state index contributed by atoms with van der Waals surface area (Å²) in [5.74, 6) is -1.47. The molecule has 250 valence electrons. The minimum Gasteiger partial charge on any atom is -0.454 e. The van der Waals surface area contributed by atoms with Crippen molar-refractivity contribution >= 4 is 43.7 Å². The summed E-state index contributed by atoms with van der Waals surface area (Å²) in [6, 6.07) is 50.1. The van der Waals surface area contributed by atoms with Crippen LogP contribution in [0.3, 0.4) is 0 Å². The Morgan fingerprint density at radius 1 is 0.509 bits per heavy atom. The van der Waals surface area contributed by atoms with Crippen LogP contribution in [-0.4, -0.2) is 19.5 Å². The molecule has 0 saturated heterocycles. The third-order valence-corrected chi connectivity index (χ3v) is 10.4. The molecule has 5 nitrogen and oxygen atoms in total. The number of nitrogens with zero attached hydrogens (tertiary/aromatic N) is 4. The van der Waals surface area contributed by atoms with Gasteiger partial charge >= 0.3 is 0 Å². The molecule has 7 heteroatoms. The van der Waals surface area contributed by atoms with E-state index in [1.807, 2.05) is 127 Å². The van der Waals surface area contributed by atoms with Gasteiger partial charge in [0.25, 0.3) is 5.92 Å². The first-order chi connectivity index (χ1) is 26.0. The molecular formula is C46H26F2N4O. The zero-order valence-corrected chi connectivity index (χ0v) is 28.0. The van der Waals surface area contributed by atoms with Crippen LogP contribution >= 0.6 is 0 Å². The molecule has 10 aromatic rings. The minimum absolute atomic E-state index is 0.00997. The van der Waals surface area contributed by atoms with Gasteiger partial charge in [-0.15, -0.1) is 0 Å². The van der Waals surface area contributed by atoms with Gasteiger partial charge in [-0.2, -0.15) is 8.78 Å². The number of rotatable bonds is 4. The summed E-state index contributed by atoms with van der Waals surface area (Å²) in [5, 5.41) is 3.53. The number of halogens is 2. The lowest BCUT2D eigenvalue weighted by Crippen LogP contribution is -2.10. The standard InChI is InChI=1S/C46H26F2N4O/c47-46(48)35-20-9-7-19-33(35)39-36(46)24-25-37-40(39)34-23-22-32-31-18-8-10-21-38(31)53-42(32)41(34)52(37)30-17-11-16-29(26-30)45-50-43(27-12-3-1-4-13-27)49-44(51-45)28-14-5-2-6-15-28/h1-26H. The second kappa shape index (κ2) is 11.0. The molecule has 0 saturated carbocycles. The van der Waals surface area contributed by atoms with Crippen LogP contribution in [0.4, 0.5) is 8.78 Å². The van der Waals surface area contributed by atoms with Gasteiger partial charge in [0.05, 0.1) is 11.0 Å². The zero-order valence-electron chi connectivity index (χ0n) is 28.0. The van der Waals surface area contributed by atoms with E-state index in [-0.39, 0.29) is 11.1 Å². The number of aromatic nitrogens is 4. The second-order valence-corrected chi connectivity index (χ2v) is 13.4. The molecule has 0 unspecified atom stereocenters. The van der Waals surface area contributed by atoms with Gasteiger partial charge in [-0.3, -0.25) is 0 Å². The number of hydrogen-bond donors (Lipinski definition) is 0.